The molecule has 2 aromatic carbocycles. The number of rotatable bonds is 4. The molecule has 3 nitrogen and oxygen atoms in total. The summed E-state index contributed by atoms with van der Waals surface area (Å²) in [7, 11) is 2.19. The molecule has 0 unspecified atom stereocenters. The molecular formula is C23H26N2O. The third-order valence-corrected chi connectivity index (χ3v) is 5.64. The van der Waals surface area contributed by atoms with Crippen molar-refractivity contribution in [3.63, 3.8) is 0 Å². The Balaban J connectivity index is 1.59. The number of carbonyl (C=O) groups is 1. The Morgan fingerprint density at radius 2 is 1.96 bits per heavy atom. The summed E-state index contributed by atoms with van der Waals surface area (Å²) in [5.41, 5.74) is 5.61. The first kappa shape index (κ1) is 17.0. The highest BCUT2D eigenvalue weighted by atomic mass is 16.1. The van der Waals surface area contributed by atoms with Crippen LogP contribution in [0, 0.1) is 6.92 Å². The van der Waals surface area contributed by atoms with Gasteiger partial charge in [-0.05, 0) is 75.1 Å². The SMILES string of the molecule is Cc1cccc(C(=O)Cc2ccc3[nH]cc(C4CCN(C)CC4)c3c2)c1. The Morgan fingerprint density at radius 1 is 1.15 bits per heavy atom. The lowest BCUT2D eigenvalue weighted by molar-refractivity contribution is 0.0993. The van der Waals surface area contributed by atoms with Crippen LogP contribution in [0.5, 0.6) is 0 Å². The van der Waals surface area contributed by atoms with Gasteiger partial charge in [0.05, 0.1) is 0 Å². The van der Waals surface area contributed by atoms with Crippen molar-refractivity contribution in [3.8, 4) is 0 Å². The van der Waals surface area contributed by atoms with Crippen molar-refractivity contribution in [2.24, 2.45) is 0 Å². The molecule has 0 amide bonds. The summed E-state index contributed by atoms with van der Waals surface area (Å²) in [6.45, 7) is 4.34. The van der Waals surface area contributed by atoms with Gasteiger partial charge in [0.25, 0.3) is 0 Å². The number of benzene rings is 2. The van der Waals surface area contributed by atoms with E-state index in [9.17, 15) is 4.79 Å². The lowest BCUT2D eigenvalue weighted by atomic mass is 9.89. The predicted molar refractivity (Wildman–Crippen MR) is 107 cm³/mol. The highest BCUT2D eigenvalue weighted by Gasteiger charge is 2.21. The first-order valence-corrected chi connectivity index (χ1v) is 9.48. The monoisotopic (exact) mass is 346 g/mol. The largest absolute Gasteiger partial charge is 0.361 e. The van der Waals surface area contributed by atoms with Crippen LogP contribution in [0.2, 0.25) is 0 Å². The molecule has 0 saturated carbocycles. The van der Waals surface area contributed by atoms with Crippen LogP contribution in [0.15, 0.2) is 48.7 Å². The number of nitrogens with zero attached hydrogens (tertiary/aromatic N) is 1. The molecule has 1 fully saturated rings. The zero-order valence-electron chi connectivity index (χ0n) is 15.6. The summed E-state index contributed by atoms with van der Waals surface area (Å²) >= 11 is 0. The number of aryl methyl sites for hydroxylation is 1. The van der Waals surface area contributed by atoms with E-state index in [1.165, 1.54) is 29.3 Å². The Bertz CT molecular complexity index is 932. The number of hydrogen-bond acceptors (Lipinski definition) is 2. The van der Waals surface area contributed by atoms with Gasteiger partial charge >= 0.3 is 0 Å². The fourth-order valence-electron chi connectivity index (χ4n) is 4.06. The van der Waals surface area contributed by atoms with Crippen LogP contribution in [0.3, 0.4) is 0 Å². The van der Waals surface area contributed by atoms with E-state index in [-0.39, 0.29) is 5.78 Å². The van der Waals surface area contributed by atoms with Crippen molar-refractivity contribution < 1.29 is 4.79 Å². The highest BCUT2D eigenvalue weighted by molar-refractivity contribution is 5.98. The maximum absolute atomic E-state index is 12.7. The smallest absolute Gasteiger partial charge is 0.167 e. The molecular weight excluding hydrogens is 320 g/mol. The summed E-state index contributed by atoms with van der Waals surface area (Å²) in [4.78, 5) is 18.5. The summed E-state index contributed by atoms with van der Waals surface area (Å²) < 4.78 is 0. The van der Waals surface area contributed by atoms with Crippen LogP contribution in [-0.4, -0.2) is 35.8 Å². The van der Waals surface area contributed by atoms with Crippen LogP contribution >= 0.6 is 0 Å². The normalized spacial score (nSPS) is 16.2. The van der Waals surface area contributed by atoms with Gasteiger partial charge in [-0.3, -0.25) is 4.79 Å². The fourth-order valence-corrected chi connectivity index (χ4v) is 4.06. The van der Waals surface area contributed by atoms with Gasteiger partial charge in [-0.15, -0.1) is 0 Å². The van der Waals surface area contributed by atoms with Crippen LogP contribution in [0.25, 0.3) is 10.9 Å². The minimum Gasteiger partial charge on any atom is -0.361 e. The summed E-state index contributed by atoms with van der Waals surface area (Å²) in [5, 5.41) is 1.29. The van der Waals surface area contributed by atoms with Crippen molar-refractivity contribution in [3.05, 3.63) is 70.9 Å². The predicted octanol–water partition coefficient (Wildman–Crippen LogP) is 4.71. The van der Waals surface area contributed by atoms with E-state index in [0.29, 0.717) is 12.3 Å². The third kappa shape index (κ3) is 3.45. The number of carbonyl (C=O) groups excluding carboxylic acids is 1. The van der Waals surface area contributed by atoms with E-state index in [0.717, 1.165) is 29.8 Å². The molecule has 134 valence electrons. The second-order valence-electron chi connectivity index (χ2n) is 7.67. The average molecular weight is 346 g/mol. The fraction of sp³-hybridized carbons (Fsp3) is 0.348. The molecule has 4 rings (SSSR count). The van der Waals surface area contributed by atoms with E-state index < -0.39 is 0 Å². The zero-order valence-corrected chi connectivity index (χ0v) is 15.6. The number of H-pyrrole nitrogens is 1. The number of Topliss-reactive ketones (excluding diaryl/α,β-unsaturated/α-hetero) is 1. The molecule has 0 bridgehead atoms. The number of aromatic amines is 1. The second-order valence-corrected chi connectivity index (χ2v) is 7.67. The van der Waals surface area contributed by atoms with E-state index in [1.54, 1.807) is 0 Å². The summed E-state index contributed by atoms with van der Waals surface area (Å²) in [6.07, 6.45) is 5.04. The standard InChI is InChI=1S/C23H26N2O/c1-16-4-3-5-19(12-16)23(26)14-17-6-7-22-20(13-17)21(15-24-22)18-8-10-25(2)11-9-18/h3-7,12-13,15,18,24H,8-11,14H2,1-2H3. The number of hydrogen-bond donors (Lipinski definition) is 1. The first-order chi connectivity index (χ1) is 12.6. The number of fused-ring (bicyclic) bond motifs is 1. The van der Waals surface area contributed by atoms with Gasteiger partial charge in [0.2, 0.25) is 0 Å². The molecule has 0 spiro atoms. The number of likely N-dealkylation sites (tertiary alicyclic amines) is 1. The Labute approximate surface area is 155 Å². The van der Waals surface area contributed by atoms with Crippen LogP contribution in [0.4, 0.5) is 0 Å². The van der Waals surface area contributed by atoms with Gasteiger partial charge in [0.1, 0.15) is 0 Å². The average Bonchev–Trinajstić information content (AvgIpc) is 3.05. The molecule has 1 saturated heterocycles. The Morgan fingerprint density at radius 3 is 2.73 bits per heavy atom. The molecule has 3 heteroatoms. The Kier molecular flexibility index (Phi) is 4.64. The lowest BCUT2D eigenvalue weighted by Gasteiger charge is -2.28. The van der Waals surface area contributed by atoms with Gasteiger partial charge in [0, 0.05) is 29.1 Å². The topological polar surface area (TPSA) is 36.1 Å². The van der Waals surface area contributed by atoms with E-state index in [4.69, 9.17) is 0 Å². The minimum atomic E-state index is 0.185. The number of aromatic nitrogens is 1. The molecule has 1 aliphatic heterocycles. The maximum Gasteiger partial charge on any atom is 0.167 e. The number of piperidine rings is 1. The van der Waals surface area contributed by atoms with Gasteiger partial charge < -0.3 is 9.88 Å². The van der Waals surface area contributed by atoms with Crippen LogP contribution in [0.1, 0.15) is 45.8 Å². The summed E-state index contributed by atoms with van der Waals surface area (Å²) in [5.74, 6) is 0.798. The van der Waals surface area contributed by atoms with Gasteiger partial charge in [-0.2, -0.15) is 0 Å². The molecule has 1 aromatic heterocycles. The molecule has 3 aromatic rings. The molecule has 26 heavy (non-hydrogen) atoms. The van der Waals surface area contributed by atoms with Gasteiger partial charge in [-0.25, -0.2) is 0 Å². The maximum atomic E-state index is 12.7. The first-order valence-electron chi connectivity index (χ1n) is 9.48. The van der Waals surface area contributed by atoms with Crippen LogP contribution < -0.4 is 0 Å². The van der Waals surface area contributed by atoms with E-state index >= 15 is 0 Å². The molecule has 1 aliphatic rings. The van der Waals surface area contributed by atoms with Crippen molar-refractivity contribution in [1.29, 1.82) is 0 Å². The highest BCUT2D eigenvalue weighted by Crippen LogP contribution is 2.33. The minimum absolute atomic E-state index is 0.185. The third-order valence-electron chi connectivity index (χ3n) is 5.64. The quantitative estimate of drug-likeness (QED) is 0.695. The zero-order chi connectivity index (χ0) is 18.1. The van der Waals surface area contributed by atoms with Gasteiger partial charge in [-0.1, -0.05) is 29.8 Å². The molecule has 1 N–H and O–H groups in total. The molecule has 0 radical (unpaired) electrons. The van der Waals surface area contributed by atoms with Crippen molar-refractivity contribution >= 4 is 16.7 Å². The van der Waals surface area contributed by atoms with Crippen molar-refractivity contribution in [2.45, 2.75) is 32.1 Å². The molecule has 0 aliphatic carbocycles. The second kappa shape index (κ2) is 7.08. The van der Waals surface area contributed by atoms with Gasteiger partial charge in [0.15, 0.2) is 5.78 Å². The van der Waals surface area contributed by atoms with Crippen LogP contribution in [-0.2, 0) is 6.42 Å². The molecule has 0 atom stereocenters. The van der Waals surface area contributed by atoms with Crippen molar-refractivity contribution in [1.82, 2.24) is 9.88 Å². The van der Waals surface area contributed by atoms with E-state index in [2.05, 4.69) is 41.3 Å². The van der Waals surface area contributed by atoms with E-state index in [1.807, 2.05) is 31.2 Å². The number of nitrogens with one attached hydrogen (secondary N) is 1. The summed E-state index contributed by atoms with van der Waals surface area (Å²) in [6, 6.07) is 14.3. The lowest BCUT2D eigenvalue weighted by Crippen LogP contribution is -2.29. The number of ketones is 1. The molecule has 2 heterocycles. The Hall–Kier alpha value is -2.39. The van der Waals surface area contributed by atoms with Crippen molar-refractivity contribution in [2.75, 3.05) is 20.1 Å².